The van der Waals surface area contributed by atoms with Crippen LogP contribution in [0.5, 0.6) is 0 Å². The predicted molar refractivity (Wildman–Crippen MR) is 71.1 cm³/mol. The van der Waals surface area contributed by atoms with Crippen LogP contribution in [0.4, 0.5) is 5.69 Å². The summed E-state index contributed by atoms with van der Waals surface area (Å²) in [6.07, 6.45) is 0. The Morgan fingerprint density at radius 2 is 2.00 bits per heavy atom. The average molecular weight is 263 g/mol. The summed E-state index contributed by atoms with van der Waals surface area (Å²) in [5.41, 5.74) is 0.491. The average Bonchev–Trinajstić information content (AvgIpc) is 2.41. The van der Waals surface area contributed by atoms with Crippen LogP contribution in [-0.4, -0.2) is 40.9 Å². The number of non-ortho nitro benzene ring substituents is 1. The van der Waals surface area contributed by atoms with Gasteiger partial charge in [-0.15, -0.1) is 0 Å². The Kier molecular flexibility index (Phi) is 3.80. The van der Waals surface area contributed by atoms with E-state index >= 15 is 0 Å². The minimum absolute atomic E-state index is 0.00160. The van der Waals surface area contributed by atoms with Crippen molar-refractivity contribution in [2.45, 2.75) is 25.9 Å². The van der Waals surface area contributed by atoms with Crippen molar-refractivity contribution in [1.29, 1.82) is 0 Å². The SMILES string of the molecule is C[C@@H]1CN(C(=O)c2ccc([N+](=O)[O-])cc2)[C@H](C)CN1. The van der Waals surface area contributed by atoms with E-state index in [2.05, 4.69) is 5.32 Å². The standard InChI is InChI=1S/C13H17N3O3/c1-9-8-15(10(2)7-14-9)13(17)11-3-5-12(6-4-11)16(18)19/h3-6,9-10,14H,7-8H2,1-2H3/t9-,10-/m1/s1. The zero-order valence-electron chi connectivity index (χ0n) is 11.0. The molecule has 1 amide bonds. The highest BCUT2D eigenvalue weighted by molar-refractivity contribution is 5.94. The van der Waals surface area contributed by atoms with E-state index in [1.165, 1.54) is 24.3 Å². The molecule has 1 aromatic carbocycles. The lowest BCUT2D eigenvalue weighted by atomic mass is 10.1. The largest absolute Gasteiger partial charge is 0.333 e. The van der Waals surface area contributed by atoms with E-state index in [4.69, 9.17) is 0 Å². The Morgan fingerprint density at radius 3 is 2.58 bits per heavy atom. The Hall–Kier alpha value is -1.95. The van der Waals surface area contributed by atoms with Gasteiger partial charge in [0.05, 0.1) is 4.92 Å². The number of nitro benzene ring substituents is 1. The molecule has 1 N–H and O–H groups in total. The lowest BCUT2D eigenvalue weighted by Crippen LogP contribution is -2.56. The minimum Gasteiger partial charge on any atom is -0.333 e. The summed E-state index contributed by atoms with van der Waals surface area (Å²) in [6.45, 7) is 5.43. The van der Waals surface area contributed by atoms with Crippen molar-refractivity contribution in [2.75, 3.05) is 13.1 Å². The van der Waals surface area contributed by atoms with Crippen molar-refractivity contribution < 1.29 is 9.72 Å². The van der Waals surface area contributed by atoms with Crippen LogP contribution in [0.1, 0.15) is 24.2 Å². The number of nitrogens with one attached hydrogen (secondary N) is 1. The van der Waals surface area contributed by atoms with Gasteiger partial charge in [-0.3, -0.25) is 14.9 Å². The first-order chi connectivity index (χ1) is 8.99. The maximum absolute atomic E-state index is 12.4. The Bertz CT molecular complexity index is 486. The van der Waals surface area contributed by atoms with Crippen LogP contribution in [0.3, 0.4) is 0 Å². The summed E-state index contributed by atoms with van der Waals surface area (Å²) in [5, 5.41) is 13.9. The number of nitrogens with zero attached hydrogens (tertiary/aromatic N) is 2. The maximum Gasteiger partial charge on any atom is 0.269 e. The summed E-state index contributed by atoms with van der Waals surface area (Å²) in [7, 11) is 0. The number of carbonyl (C=O) groups is 1. The molecule has 0 spiro atoms. The number of nitro groups is 1. The maximum atomic E-state index is 12.4. The van der Waals surface area contributed by atoms with Gasteiger partial charge < -0.3 is 10.2 Å². The molecule has 0 bridgehead atoms. The molecule has 0 aromatic heterocycles. The Morgan fingerprint density at radius 1 is 1.37 bits per heavy atom. The molecule has 19 heavy (non-hydrogen) atoms. The third-order valence-electron chi connectivity index (χ3n) is 3.35. The van der Waals surface area contributed by atoms with Crippen molar-refractivity contribution in [3.63, 3.8) is 0 Å². The summed E-state index contributed by atoms with van der Waals surface area (Å²) in [4.78, 5) is 24.3. The molecule has 0 aliphatic carbocycles. The monoisotopic (exact) mass is 263 g/mol. The molecule has 6 heteroatoms. The van der Waals surface area contributed by atoms with Crippen molar-refractivity contribution in [3.05, 3.63) is 39.9 Å². The molecule has 6 nitrogen and oxygen atoms in total. The van der Waals surface area contributed by atoms with Crippen LogP contribution in [0.2, 0.25) is 0 Å². The minimum atomic E-state index is -0.468. The third-order valence-corrected chi connectivity index (χ3v) is 3.35. The highest BCUT2D eigenvalue weighted by Gasteiger charge is 2.27. The van der Waals surface area contributed by atoms with Gasteiger partial charge in [0.2, 0.25) is 0 Å². The molecule has 0 saturated carbocycles. The second-order valence-electron chi connectivity index (χ2n) is 4.92. The zero-order valence-corrected chi connectivity index (χ0v) is 11.0. The molecule has 1 aliphatic rings. The first-order valence-corrected chi connectivity index (χ1v) is 6.28. The van der Waals surface area contributed by atoms with Crippen molar-refractivity contribution in [3.8, 4) is 0 Å². The molecule has 102 valence electrons. The Balaban J connectivity index is 2.16. The first kappa shape index (κ1) is 13.5. The highest BCUT2D eigenvalue weighted by atomic mass is 16.6. The summed E-state index contributed by atoms with van der Waals surface area (Å²) in [5.74, 6) is -0.0734. The van der Waals surface area contributed by atoms with E-state index in [-0.39, 0.29) is 23.7 Å². The van der Waals surface area contributed by atoms with E-state index in [1.807, 2.05) is 18.7 Å². The Labute approximate surface area is 111 Å². The topological polar surface area (TPSA) is 75.5 Å². The predicted octanol–water partition coefficient (Wildman–Crippen LogP) is 1.42. The third kappa shape index (κ3) is 2.90. The quantitative estimate of drug-likeness (QED) is 0.646. The van der Waals surface area contributed by atoms with E-state index in [0.29, 0.717) is 12.1 Å². The van der Waals surface area contributed by atoms with Gasteiger partial charge in [-0.25, -0.2) is 0 Å². The molecule has 1 aliphatic heterocycles. The molecule has 1 aromatic rings. The normalized spacial score (nSPS) is 23.2. The molecule has 2 rings (SSSR count). The summed E-state index contributed by atoms with van der Waals surface area (Å²) < 4.78 is 0. The molecule has 0 radical (unpaired) electrons. The van der Waals surface area contributed by atoms with Crippen molar-refractivity contribution in [1.82, 2.24) is 10.2 Å². The number of rotatable bonds is 2. The van der Waals surface area contributed by atoms with Gasteiger partial charge >= 0.3 is 0 Å². The number of hydrogen-bond acceptors (Lipinski definition) is 4. The molecular weight excluding hydrogens is 246 g/mol. The van der Waals surface area contributed by atoms with Crippen LogP contribution in [0.25, 0.3) is 0 Å². The fourth-order valence-corrected chi connectivity index (χ4v) is 2.20. The zero-order chi connectivity index (χ0) is 14.0. The smallest absolute Gasteiger partial charge is 0.269 e. The van der Waals surface area contributed by atoms with E-state index < -0.39 is 4.92 Å². The lowest BCUT2D eigenvalue weighted by Gasteiger charge is -2.37. The van der Waals surface area contributed by atoms with Crippen molar-refractivity contribution in [2.24, 2.45) is 0 Å². The second kappa shape index (κ2) is 5.36. The van der Waals surface area contributed by atoms with Gasteiger partial charge in [-0.1, -0.05) is 0 Å². The highest BCUT2D eigenvalue weighted by Crippen LogP contribution is 2.16. The van der Waals surface area contributed by atoms with Crippen molar-refractivity contribution >= 4 is 11.6 Å². The molecule has 0 unspecified atom stereocenters. The summed E-state index contributed by atoms with van der Waals surface area (Å²) in [6, 6.07) is 6.14. The number of benzene rings is 1. The second-order valence-corrected chi connectivity index (χ2v) is 4.92. The molecule has 1 saturated heterocycles. The van der Waals surface area contributed by atoms with E-state index in [0.717, 1.165) is 6.54 Å². The van der Waals surface area contributed by atoms with Crippen LogP contribution in [0, 0.1) is 10.1 Å². The molecule has 1 heterocycles. The van der Waals surface area contributed by atoms with Gasteiger partial charge in [-0.05, 0) is 26.0 Å². The molecular formula is C13H17N3O3. The number of amides is 1. The van der Waals surface area contributed by atoms with Gasteiger partial charge in [0.15, 0.2) is 0 Å². The van der Waals surface area contributed by atoms with E-state index in [1.54, 1.807) is 0 Å². The van der Waals surface area contributed by atoms with Gasteiger partial charge in [0.1, 0.15) is 0 Å². The van der Waals surface area contributed by atoms with Crippen LogP contribution in [-0.2, 0) is 0 Å². The lowest BCUT2D eigenvalue weighted by molar-refractivity contribution is -0.384. The fourth-order valence-electron chi connectivity index (χ4n) is 2.20. The van der Waals surface area contributed by atoms with E-state index in [9.17, 15) is 14.9 Å². The van der Waals surface area contributed by atoms with Crippen LogP contribution < -0.4 is 5.32 Å². The first-order valence-electron chi connectivity index (χ1n) is 6.28. The number of carbonyl (C=O) groups excluding carboxylic acids is 1. The van der Waals surface area contributed by atoms with Gasteiger partial charge in [0, 0.05) is 42.9 Å². The molecule has 1 fully saturated rings. The summed E-state index contributed by atoms with van der Waals surface area (Å²) >= 11 is 0. The number of piperazine rings is 1. The van der Waals surface area contributed by atoms with Crippen LogP contribution >= 0.6 is 0 Å². The van der Waals surface area contributed by atoms with Gasteiger partial charge in [-0.2, -0.15) is 0 Å². The van der Waals surface area contributed by atoms with Crippen LogP contribution in [0.15, 0.2) is 24.3 Å². The fraction of sp³-hybridized carbons (Fsp3) is 0.462. The van der Waals surface area contributed by atoms with Gasteiger partial charge in [0.25, 0.3) is 11.6 Å². The molecule has 2 atom stereocenters. The number of hydrogen-bond donors (Lipinski definition) is 1.